The molecule has 0 bridgehead atoms. The summed E-state index contributed by atoms with van der Waals surface area (Å²) in [5.41, 5.74) is 0.945. The molecule has 1 aromatic rings. The Morgan fingerprint density at radius 1 is 1.47 bits per heavy atom. The van der Waals surface area contributed by atoms with E-state index in [1.54, 1.807) is 12.5 Å². The second-order valence-electron chi connectivity index (χ2n) is 4.62. The predicted octanol–water partition coefficient (Wildman–Crippen LogP) is 3.53. The van der Waals surface area contributed by atoms with Crippen molar-refractivity contribution in [1.29, 1.82) is 0 Å². The van der Waals surface area contributed by atoms with Gasteiger partial charge >= 0.3 is 0 Å². The maximum Gasteiger partial charge on any atom is 0.0960 e. The Morgan fingerprint density at radius 3 is 2.93 bits per heavy atom. The van der Waals surface area contributed by atoms with Crippen LogP contribution in [-0.2, 0) is 0 Å². The van der Waals surface area contributed by atoms with Gasteiger partial charge in [-0.3, -0.25) is 0 Å². The van der Waals surface area contributed by atoms with E-state index in [0.717, 1.165) is 12.0 Å². The molecule has 0 saturated heterocycles. The first-order chi connectivity index (χ1) is 7.33. The minimum atomic E-state index is -0.325. The SMILES string of the molecule is CCC1CCCCC1C(O)c1ccoc1. The van der Waals surface area contributed by atoms with Crippen LogP contribution in [0, 0.1) is 11.8 Å². The Hall–Kier alpha value is -0.760. The normalized spacial score (nSPS) is 28.9. The summed E-state index contributed by atoms with van der Waals surface area (Å²) >= 11 is 0. The zero-order valence-corrected chi connectivity index (χ0v) is 9.36. The summed E-state index contributed by atoms with van der Waals surface area (Å²) in [6, 6.07) is 1.88. The highest BCUT2D eigenvalue weighted by Gasteiger charge is 2.30. The van der Waals surface area contributed by atoms with Gasteiger partial charge in [0.25, 0.3) is 0 Å². The van der Waals surface area contributed by atoms with E-state index in [-0.39, 0.29) is 6.10 Å². The van der Waals surface area contributed by atoms with Crippen LogP contribution in [0.25, 0.3) is 0 Å². The van der Waals surface area contributed by atoms with Crippen LogP contribution in [0.4, 0.5) is 0 Å². The van der Waals surface area contributed by atoms with Crippen molar-refractivity contribution in [2.24, 2.45) is 11.8 Å². The standard InChI is InChI=1S/C13H20O2/c1-2-10-5-3-4-6-12(10)13(14)11-7-8-15-9-11/h7-10,12-14H,2-6H2,1H3. The van der Waals surface area contributed by atoms with Crippen molar-refractivity contribution in [3.8, 4) is 0 Å². The van der Waals surface area contributed by atoms with Gasteiger partial charge in [0.15, 0.2) is 0 Å². The lowest BCUT2D eigenvalue weighted by Crippen LogP contribution is -2.25. The molecule has 2 nitrogen and oxygen atoms in total. The monoisotopic (exact) mass is 208 g/mol. The highest BCUT2D eigenvalue weighted by molar-refractivity contribution is 5.11. The number of aliphatic hydroxyl groups excluding tert-OH is 1. The molecular weight excluding hydrogens is 188 g/mol. The van der Waals surface area contributed by atoms with Crippen molar-refractivity contribution in [2.75, 3.05) is 0 Å². The fourth-order valence-electron chi connectivity index (χ4n) is 2.85. The van der Waals surface area contributed by atoms with Crippen LogP contribution >= 0.6 is 0 Å². The van der Waals surface area contributed by atoms with E-state index < -0.39 is 0 Å². The van der Waals surface area contributed by atoms with E-state index in [1.165, 1.54) is 25.7 Å². The summed E-state index contributed by atoms with van der Waals surface area (Å²) in [6.07, 6.45) is 9.19. The quantitative estimate of drug-likeness (QED) is 0.824. The highest BCUT2D eigenvalue weighted by Crippen LogP contribution is 2.40. The van der Waals surface area contributed by atoms with Gasteiger partial charge in [0.2, 0.25) is 0 Å². The van der Waals surface area contributed by atoms with Crippen LogP contribution in [0.2, 0.25) is 0 Å². The number of furan rings is 1. The van der Waals surface area contributed by atoms with Crippen LogP contribution in [0.15, 0.2) is 23.0 Å². The van der Waals surface area contributed by atoms with Gasteiger partial charge in [-0.15, -0.1) is 0 Å². The summed E-state index contributed by atoms with van der Waals surface area (Å²) in [5, 5.41) is 10.3. The molecule has 15 heavy (non-hydrogen) atoms. The van der Waals surface area contributed by atoms with Crippen molar-refractivity contribution >= 4 is 0 Å². The van der Waals surface area contributed by atoms with E-state index in [1.807, 2.05) is 6.07 Å². The molecular formula is C13H20O2. The first-order valence-corrected chi connectivity index (χ1v) is 6.03. The van der Waals surface area contributed by atoms with Crippen molar-refractivity contribution in [1.82, 2.24) is 0 Å². The molecule has 0 radical (unpaired) electrons. The maximum absolute atomic E-state index is 10.3. The summed E-state index contributed by atoms with van der Waals surface area (Å²) < 4.78 is 5.04. The van der Waals surface area contributed by atoms with Crippen molar-refractivity contribution in [2.45, 2.75) is 45.1 Å². The molecule has 1 saturated carbocycles. The van der Waals surface area contributed by atoms with Crippen LogP contribution in [0.5, 0.6) is 0 Å². The molecule has 1 aromatic heterocycles. The first-order valence-electron chi connectivity index (χ1n) is 6.03. The molecule has 1 fully saturated rings. The van der Waals surface area contributed by atoms with Crippen molar-refractivity contribution in [3.63, 3.8) is 0 Å². The van der Waals surface area contributed by atoms with E-state index in [2.05, 4.69) is 6.92 Å². The van der Waals surface area contributed by atoms with Crippen LogP contribution < -0.4 is 0 Å². The molecule has 0 aliphatic heterocycles. The van der Waals surface area contributed by atoms with Crippen LogP contribution in [0.3, 0.4) is 0 Å². The first kappa shape index (κ1) is 10.7. The zero-order chi connectivity index (χ0) is 10.7. The minimum Gasteiger partial charge on any atom is -0.472 e. The van der Waals surface area contributed by atoms with E-state index >= 15 is 0 Å². The molecule has 1 N–H and O–H groups in total. The lowest BCUT2D eigenvalue weighted by molar-refractivity contribution is 0.0448. The number of aliphatic hydroxyl groups is 1. The van der Waals surface area contributed by atoms with E-state index in [0.29, 0.717) is 11.8 Å². The zero-order valence-electron chi connectivity index (χ0n) is 9.36. The summed E-state index contributed by atoms with van der Waals surface area (Å²) in [7, 11) is 0. The summed E-state index contributed by atoms with van der Waals surface area (Å²) in [6.45, 7) is 2.23. The van der Waals surface area contributed by atoms with Crippen LogP contribution in [-0.4, -0.2) is 5.11 Å². The van der Waals surface area contributed by atoms with Gasteiger partial charge in [0.1, 0.15) is 0 Å². The Balaban J connectivity index is 2.07. The molecule has 1 aliphatic carbocycles. The lowest BCUT2D eigenvalue weighted by atomic mass is 9.74. The van der Waals surface area contributed by atoms with Crippen molar-refractivity contribution < 1.29 is 9.52 Å². The van der Waals surface area contributed by atoms with Gasteiger partial charge in [-0.25, -0.2) is 0 Å². The van der Waals surface area contributed by atoms with E-state index in [9.17, 15) is 5.11 Å². The fraction of sp³-hybridized carbons (Fsp3) is 0.692. The second kappa shape index (κ2) is 4.84. The molecule has 1 heterocycles. The van der Waals surface area contributed by atoms with E-state index in [4.69, 9.17) is 4.42 Å². The molecule has 1 aliphatic rings. The number of hydrogen-bond acceptors (Lipinski definition) is 2. The van der Waals surface area contributed by atoms with Gasteiger partial charge in [0, 0.05) is 5.56 Å². The fourth-order valence-corrected chi connectivity index (χ4v) is 2.85. The predicted molar refractivity (Wildman–Crippen MR) is 59.4 cm³/mol. The second-order valence-corrected chi connectivity index (χ2v) is 4.62. The topological polar surface area (TPSA) is 33.4 Å². The third kappa shape index (κ3) is 2.25. The maximum atomic E-state index is 10.3. The van der Waals surface area contributed by atoms with Gasteiger partial charge in [-0.1, -0.05) is 32.6 Å². The van der Waals surface area contributed by atoms with Gasteiger partial charge < -0.3 is 9.52 Å². The molecule has 3 atom stereocenters. The molecule has 0 spiro atoms. The van der Waals surface area contributed by atoms with Gasteiger partial charge in [0.05, 0.1) is 18.6 Å². The Bertz CT molecular complexity index is 279. The lowest BCUT2D eigenvalue weighted by Gasteiger charge is -2.33. The van der Waals surface area contributed by atoms with Crippen molar-refractivity contribution in [3.05, 3.63) is 24.2 Å². The molecule has 2 heteroatoms. The summed E-state index contributed by atoms with van der Waals surface area (Å²) in [5.74, 6) is 1.12. The highest BCUT2D eigenvalue weighted by atomic mass is 16.3. The average Bonchev–Trinajstić information content (AvgIpc) is 2.81. The third-order valence-electron chi connectivity index (χ3n) is 3.78. The summed E-state index contributed by atoms with van der Waals surface area (Å²) in [4.78, 5) is 0. The molecule has 3 unspecified atom stereocenters. The van der Waals surface area contributed by atoms with Gasteiger partial charge in [-0.05, 0) is 24.3 Å². The Labute approximate surface area is 91.3 Å². The molecule has 0 amide bonds. The third-order valence-corrected chi connectivity index (χ3v) is 3.78. The Morgan fingerprint density at radius 2 is 2.27 bits per heavy atom. The largest absolute Gasteiger partial charge is 0.472 e. The average molecular weight is 208 g/mol. The van der Waals surface area contributed by atoms with Gasteiger partial charge in [-0.2, -0.15) is 0 Å². The van der Waals surface area contributed by atoms with Crippen LogP contribution in [0.1, 0.15) is 50.7 Å². The molecule has 84 valence electrons. The number of rotatable bonds is 3. The molecule has 2 rings (SSSR count). The number of hydrogen-bond donors (Lipinski definition) is 1. The smallest absolute Gasteiger partial charge is 0.0960 e. The Kier molecular flexibility index (Phi) is 3.47. The minimum absolute atomic E-state index is 0.325. The molecule has 0 aromatic carbocycles.